The lowest BCUT2D eigenvalue weighted by Crippen LogP contribution is -2.28. The number of aromatic nitrogens is 1. The first kappa shape index (κ1) is 24.4. The number of halogens is 3. The minimum Gasteiger partial charge on any atom is -0.497 e. The number of methoxy groups -OCH3 is 1. The van der Waals surface area contributed by atoms with Gasteiger partial charge in [-0.05, 0) is 54.4 Å². The number of carboxylic acids is 1. The van der Waals surface area contributed by atoms with Crippen LogP contribution in [-0.2, 0) is 31.4 Å². The van der Waals surface area contributed by atoms with E-state index in [0.717, 1.165) is 28.2 Å². The minimum atomic E-state index is -5.91. The van der Waals surface area contributed by atoms with Crippen LogP contribution in [0.5, 0.6) is 11.5 Å². The van der Waals surface area contributed by atoms with Crippen LogP contribution in [0.4, 0.5) is 13.2 Å². The maximum Gasteiger partial charge on any atom is 0.534 e. The van der Waals surface area contributed by atoms with Gasteiger partial charge in [0.1, 0.15) is 11.5 Å². The fraction of sp³-hybridized carbons (Fsp3) is 0.211. The molecule has 0 fully saturated rings. The summed E-state index contributed by atoms with van der Waals surface area (Å²) >= 11 is 0. The summed E-state index contributed by atoms with van der Waals surface area (Å²) in [4.78, 5) is 10.6. The molecule has 0 aliphatic carbocycles. The van der Waals surface area contributed by atoms with Crippen LogP contribution in [0.1, 0.15) is 12.0 Å². The van der Waals surface area contributed by atoms with Crippen LogP contribution in [0.3, 0.4) is 0 Å². The fourth-order valence-electron chi connectivity index (χ4n) is 2.97. The van der Waals surface area contributed by atoms with Crippen LogP contribution in [0.15, 0.2) is 53.6 Å². The van der Waals surface area contributed by atoms with Gasteiger partial charge in [0.15, 0.2) is 0 Å². The van der Waals surface area contributed by atoms with Gasteiger partial charge < -0.3 is 14.0 Å². The van der Waals surface area contributed by atoms with Crippen molar-refractivity contribution in [2.45, 2.75) is 23.2 Å². The fourth-order valence-corrected chi connectivity index (χ4v) is 4.82. The van der Waals surface area contributed by atoms with Gasteiger partial charge in [-0.2, -0.15) is 21.6 Å². The molecule has 0 amide bonds. The highest BCUT2D eigenvalue weighted by Gasteiger charge is 2.48. The Kier molecular flexibility index (Phi) is 6.35. The van der Waals surface area contributed by atoms with E-state index in [4.69, 9.17) is 9.84 Å². The molecule has 3 rings (SSSR count). The van der Waals surface area contributed by atoms with Gasteiger partial charge in [-0.1, -0.05) is 0 Å². The number of ether oxygens (including phenoxy) is 1. The Morgan fingerprint density at radius 1 is 1.03 bits per heavy atom. The van der Waals surface area contributed by atoms with Crippen LogP contribution in [0, 0.1) is 0 Å². The third-order valence-electron chi connectivity index (χ3n) is 4.54. The van der Waals surface area contributed by atoms with E-state index in [0.29, 0.717) is 16.7 Å². The topological polar surface area (TPSA) is 129 Å². The third-order valence-corrected chi connectivity index (χ3v) is 7.21. The normalized spacial score (nSPS) is 12.6. The van der Waals surface area contributed by atoms with E-state index >= 15 is 0 Å². The molecule has 0 unspecified atom stereocenters. The average molecular weight is 507 g/mol. The van der Waals surface area contributed by atoms with Gasteiger partial charge in [0.25, 0.3) is 10.0 Å². The number of carbonyl (C=O) groups is 1. The Balaban J connectivity index is 2.03. The van der Waals surface area contributed by atoms with E-state index < -0.39 is 37.4 Å². The van der Waals surface area contributed by atoms with Crippen molar-refractivity contribution in [3.63, 3.8) is 0 Å². The molecule has 9 nitrogen and oxygen atoms in total. The van der Waals surface area contributed by atoms with Crippen molar-refractivity contribution in [3.8, 4) is 11.5 Å². The van der Waals surface area contributed by atoms with E-state index in [9.17, 15) is 34.8 Å². The summed E-state index contributed by atoms with van der Waals surface area (Å²) in [5.74, 6) is -1.39. The van der Waals surface area contributed by atoms with Crippen LogP contribution >= 0.6 is 0 Å². The Morgan fingerprint density at radius 2 is 1.64 bits per heavy atom. The number of aliphatic carboxylic acids is 1. The molecule has 0 saturated heterocycles. The zero-order valence-electron chi connectivity index (χ0n) is 16.7. The van der Waals surface area contributed by atoms with E-state index in [1.807, 2.05) is 0 Å². The van der Waals surface area contributed by atoms with Crippen molar-refractivity contribution in [1.82, 2.24) is 3.97 Å². The third kappa shape index (κ3) is 4.90. The van der Waals surface area contributed by atoms with Crippen LogP contribution in [0.2, 0.25) is 0 Å². The second-order valence-electron chi connectivity index (χ2n) is 6.69. The molecule has 14 heteroatoms. The molecule has 2 aromatic carbocycles. The highest BCUT2D eigenvalue weighted by Crippen LogP contribution is 2.31. The summed E-state index contributed by atoms with van der Waals surface area (Å²) in [6.07, 6.45) is 1.03. The minimum absolute atomic E-state index is 0.0313. The molecule has 3 aromatic rings. The summed E-state index contributed by atoms with van der Waals surface area (Å²) < 4.78 is 96.0. The lowest BCUT2D eigenvalue weighted by molar-refractivity contribution is -0.136. The van der Waals surface area contributed by atoms with Crippen molar-refractivity contribution in [2.24, 2.45) is 0 Å². The number of alkyl halides is 3. The van der Waals surface area contributed by atoms with Gasteiger partial charge in [0.2, 0.25) is 0 Å². The summed E-state index contributed by atoms with van der Waals surface area (Å²) in [5.41, 5.74) is -5.00. The maximum absolute atomic E-state index is 13.2. The lowest BCUT2D eigenvalue weighted by Gasteiger charge is -2.11. The van der Waals surface area contributed by atoms with Gasteiger partial charge in [-0.25, -0.2) is 12.4 Å². The molecule has 33 heavy (non-hydrogen) atoms. The van der Waals surface area contributed by atoms with Crippen LogP contribution in [-0.4, -0.2) is 44.5 Å². The van der Waals surface area contributed by atoms with Gasteiger partial charge in [0, 0.05) is 18.0 Å². The predicted octanol–water partition coefficient (Wildman–Crippen LogP) is 3.13. The number of carboxylic acid groups (broad SMARTS) is 1. The van der Waals surface area contributed by atoms with Gasteiger partial charge in [-0.15, -0.1) is 0 Å². The van der Waals surface area contributed by atoms with E-state index in [2.05, 4.69) is 4.18 Å². The Morgan fingerprint density at radius 3 is 2.18 bits per heavy atom. The molecule has 0 atom stereocenters. The van der Waals surface area contributed by atoms with Gasteiger partial charge in [-0.3, -0.25) is 4.79 Å². The Hall–Kier alpha value is -3.26. The average Bonchev–Trinajstić information content (AvgIpc) is 3.10. The SMILES string of the molecule is COc1ccc2c(c1)c(CCC(=O)O)cn2S(=O)(=O)c1ccc(OS(=O)(=O)C(F)(F)F)cc1. The summed E-state index contributed by atoms with van der Waals surface area (Å²) in [6, 6.07) is 7.85. The largest absolute Gasteiger partial charge is 0.534 e. The number of nitrogens with zero attached hydrogens (tertiary/aromatic N) is 1. The number of hydrogen-bond acceptors (Lipinski definition) is 7. The molecule has 1 heterocycles. The molecule has 0 spiro atoms. The van der Waals surface area contributed by atoms with E-state index in [1.54, 1.807) is 6.07 Å². The molecule has 178 valence electrons. The number of hydrogen-bond donors (Lipinski definition) is 1. The zero-order valence-corrected chi connectivity index (χ0v) is 18.4. The highest BCUT2D eigenvalue weighted by atomic mass is 32.2. The number of aryl methyl sites for hydroxylation is 1. The summed E-state index contributed by atoms with van der Waals surface area (Å²) in [6.45, 7) is 0. The van der Waals surface area contributed by atoms with Crippen molar-refractivity contribution in [1.29, 1.82) is 0 Å². The van der Waals surface area contributed by atoms with Crippen molar-refractivity contribution in [2.75, 3.05) is 7.11 Å². The van der Waals surface area contributed by atoms with Gasteiger partial charge in [0.05, 0.1) is 17.5 Å². The first-order chi connectivity index (χ1) is 15.3. The first-order valence-electron chi connectivity index (χ1n) is 9.02. The smallest absolute Gasteiger partial charge is 0.497 e. The molecule has 0 aliphatic rings. The zero-order chi connectivity index (χ0) is 24.6. The molecule has 1 aromatic heterocycles. The number of fused-ring (bicyclic) bond motifs is 1. The first-order valence-corrected chi connectivity index (χ1v) is 11.9. The second-order valence-corrected chi connectivity index (χ2v) is 10.0. The molecule has 0 saturated carbocycles. The Labute approximate surface area is 186 Å². The van der Waals surface area contributed by atoms with Gasteiger partial charge >= 0.3 is 21.6 Å². The standard InChI is InChI=1S/C19H16F3NO8S2/c1-30-14-5-8-17-16(10-14)12(2-9-18(24)25)11-23(17)32(26,27)15-6-3-13(4-7-15)31-33(28,29)19(20,21)22/h3-8,10-11H,2,9H2,1H3,(H,24,25). The van der Waals surface area contributed by atoms with Crippen molar-refractivity contribution in [3.05, 3.63) is 54.2 Å². The maximum atomic E-state index is 13.2. The number of rotatable bonds is 8. The molecular formula is C19H16F3NO8S2. The highest BCUT2D eigenvalue weighted by molar-refractivity contribution is 7.90. The quantitative estimate of drug-likeness (QED) is 0.364. The second kappa shape index (κ2) is 8.59. The molecule has 0 radical (unpaired) electrons. The predicted molar refractivity (Wildman–Crippen MR) is 109 cm³/mol. The summed E-state index contributed by atoms with van der Waals surface area (Å²) in [7, 11) is -8.79. The lowest BCUT2D eigenvalue weighted by atomic mass is 10.1. The van der Waals surface area contributed by atoms with Crippen LogP contribution in [0.25, 0.3) is 10.9 Å². The van der Waals surface area contributed by atoms with Crippen LogP contribution < -0.4 is 8.92 Å². The number of benzene rings is 2. The molecular weight excluding hydrogens is 491 g/mol. The van der Waals surface area contributed by atoms with E-state index in [1.165, 1.54) is 25.4 Å². The molecule has 1 N–H and O–H groups in total. The monoisotopic (exact) mass is 507 g/mol. The van der Waals surface area contributed by atoms with Crippen molar-refractivity contribution >= 4 is 37.0 Å². The molecule has 0 bridgehead atoms. The van der Waals surface area contributed by atoms with E-state index in [-0.39, 0.29) is 23.3 Å². The summed E-state index contributed by atoms with van der Waals surface area (Å²) in [5, 5.41) is 9.41. The van der Waals surface area contributed by atoms with Crippen molar-refractivity contribution < 1.29 is 48.8 Å². The molecule has 0 aliphatic heterocycles. The Bertz CT molecular complexity index is 1410.